The largest absolute Gasteiger partial charge is 0.429 e. The van der Waals surface area contributed by atoms with Gasteiger partial charge in [-0.1, -0.05) is 19.6 Å². The second kappa shape index (κ2) is 6.19. The summed E-state index contributed by atoms with van der Waals surface area (Å²) in [6.07, 6.45) is 1.78. The second-order valence-electron chi connectivity index (χ2n) is 5.93. The van der Waals surface area contributed by atoms with E-state index in [4.69, 9.17) is 9.47 Å². The summed E-state index contributed by atoms with van der Waals surface area (Å²) in [4.78, 5) is 10.4. The Kier molecular flexibility index (Phi) is 4.56. The molecule has 0 bridgehead atoms. The topological polar surface area (TPSA) is 53.4 Å². The molecule has 0 aliphatic heterocycles. The first kappa shape index (κ1) is 14.7. The minimum absolute atomic E-state index is 0.415. The smallest absolute Gasteiger partial charge is 0.298 e. The maximum absolute atomic E-state index is 10.4. The molecule has 0 aliphatic carbocycles. The molecule has 0 unspecified atom stereocenters. The van der Waals surface area contributed by atoms with Crippen LogP contribution < -0.4 is 4.74 Å². The van der Waals surface area contributed by atoms with Gasteiger partial charge >= 0.3 is 0 Å². The predicted molar refractivity (Wildman–Crippen MR) is 80.5 cm³/mol. The molecule has 2 aromatic rings. The number of hydrogen-bond acceptors (Lipinski definition) is 4. The summed E-state index contributed by atoms with van der Waals surface area (Å²) < 4.78 is 12.3. The Balaban J connectivity index is 2.02. The van der Waals surface area contributed by atoms with Crippen molar-refractivity contribution in [2.75, 3.05) is 6.61 Å². The Morgan fingerprint density at radius 3 is 2.85 bits per heavy atom. The van der Waals surface area contributed by atoms with E-state index in [1.54, 1.807) is 23.0 Å². The van der Waals surface area contributed by atoms with Crippen molar-refractivity contribution in [3.63, 3.8) is 0 Å². The third-order valence-electron chi connectivity index (χ3n) is 3.01. The number of rotatable bonds is 7. The van der Waals surface area contributed by atoms with Gasteiger partial charge in [-0.25, -0.2) is 4.68 Å². The maximum atomic E-state index is 10.4. The van der Waals surface area contributed by atoms with E-state index in [2.05, 4.69) is 24.7 Å². The van der Waals surface area contributed by atoms with Gasteiger partial charge < -0.3 is 9.47 Å². The minimum atomic E-state index is -1.07. The first-order valence-corrected chi connectivity index (χ1v) is 10.3. The molecule has 0 saturated carbocycles. The van der Waals surface area contributed by atoms with Crippen molar-refractivity contribution in [1.82, 2.24) is 9.78 Å². The van der Waals surface area contributed by atoms with Crippen molar-refractivity contribution in [1.29, 1.82) is 0 Å². The number of aromatic nitrogens is 2. The van der Waals surface area contributed by atoms with Crippen molar-refractivity contribution >= 4 is 25.4 Å². The Morgan fingerprint density at radius 2 is 2.15 bits per heavy atom. The third kappa shape index (κ3) is 3.91. The predicted octanol–water partition coefficient (Wildman–Crippen LogP) is 2.88. The van der Waals surface area contributed by atoms with Crippen LogP contribution in [0.5, 0.6) is 5.75 Å². The highest BCUT2D eigenvalue weighted by Gasteiger charge is 2.12. The van der Waals surface area contributed by atoms with Gasteiger partial charge in [0.15, 0.2) is 0 Å². The lowest BCUT2D eigenvalue weighted by molar-refractivity contribution is -0.120. The molecule has 1 aromatic carbocycles. The quantitative estimate of drug-likeness (QED) is 0.447. The van der Waals surface area contributed by atoms with Crippen LogP contribution >= 0.6 is 0 Å². The number of nitrogens with zero attached hydrogens (tertiary/aromatic N) is 2. The standard InChI is InChI=1S/C14H20N2O3Si/c1-20(2,3)7-6-18-10-16-14-8-13(19-11-17)5-4-12(14)9-15-16/h4-5,8-9,11H,6-7,10H2,1-3H3. The molecule has 1 aromatic heterocycles. The Morgan fingerprint density at radius 1 is 1.35 bits per heavy atom. The molecular formula is C14H20N2O3Si. The fourth-order valence-electron chi connectivity index (χ4n) is 1.81. The zero-order valence-corrected chi connectivity index (χ0v) is 13.1. The molecule has 0 spiro atoms. The highest BCUT2D eigenvalue weighted by atomic mass is 28.3. The molecule has 0 radical (unpaired) electrons. The van der Waals surface area contributed by atoms with E-state index in [9.17, 15) is 4.79 Å². The first-order chi connectivity index (χ1) is 9.49. The van der Waals surface area contributed by atoms with Crippen LogP contribution in [0.25, 0.3) is 10.9 Å². The number of ether oxygens (including phenoxy) is 2. The molecule has 0 atom stereocenters. The zero-order chi connectivity index (χ0) is 14.6. The van der Waals surface area contributed by atoms with Crippen molar-refractivity contribution in [3.8, 4) is 5.75 Å². The Bertz CT molecular complexity index is 590. The number of hydrogen-bond donors (Lipinski definition) is 0. The van der Waals surface area contributed by atoms with Gasteiger partial charge in [-0.05, 0) is 18.2 Å². The van der Waals surface area contributed by atoms with Crippen molar-refractivity contribution in [3.05, 3.63) is 24.4 Å². The second-order valence-corrected chi connectivity index (χ2v) is 11.5. The molecule has 0 N–H and O–H groups in total. The summed E-state index contributed by atoms with van der Waals surface area (Å²) >= 11 is 0. The average molecular weight is 292 g/mol. The number of benzene rings is 1. The minimum Gasteiger partial charge on any atom is -0.429 e. The van der Waals surface area contributed by atoms with Crippen LogP contribution in [0.2, 0.25) is 25.7 Å². The molecule has 5 nitrogen and oxygen atoms in total. The van der Waals surface area contributed by atoms with Crippen LogP contribution in [0, 0.1) is 0 Å². The monoisotopic (exact) mass is 292 g/mol. The molecule has 20 heavy (non-hydrogen) atoms. The van der Waals surface area contributed by atoms with Gasteiger partial charge in [0.1, 0.15) is 12.5 Å². The molecule has 2 rings (SSSR count). The van der Waals surface area contributed by atoms with Gasteiger partial charge in [-0.3, -0.25) is 4.79 Å². The number of carbonyl (C=O) groups is 1. The van der Waals surface area contributed by atoms with E-state index in [-0.39, 0.29) is 0 Å². The highest BCUT2D eigenvalue weighted by Crippen LogP contribution is 2.20. The average Bonchev–Trinajstić information content (AvgIpc) is 2.77. The highest BCUT2D eigenvalue weighted by molar-refractivity contribution is 6.76. The van der Waals surface area contributed by atoms with Gasteiger partial charge in [0.2, 0.25) is 0 Å². The molecule has 0 fully saturated rings. The number of fused-ring (bicyclic) bond motifs is 1. The summed E-state index contributed by atoms with van der Waals surface area (Å²) in [7, 11) is -1.07. The van der Waals surface area contributed by atoms with E-state index in [1.807, 2.05) is 6.07 Å². The van der Waals surface area contributed by atoms with Crippen LogP contribution in [0.3, 0.4) is 0 Å². The number of carbonyl (C=O) groups excluding carboxylic acids is 1. The molecule has 6 heteroatoms. The molecule has 0 aliphatic rings. The van der Waals surface area contributed by atoms with Gasteiger partial charge in [-0.2, -0.15) is 5.10 Å². The van der Waals surface area contributed by atoms with Crippen LogP contribution in [0.1, 0.15) is 0 Å². The zero-order valence-electron chi connectivity index (χ0n) is 12.1. The normalized spacial score (nSPS) is 11.8. The Hall–Kier alpha value is -1.66. The lowest BCUT2D eigenvalue weighted by Crippen LogP contribution is -2.22. The van der Waals surface area contributed by atoms with E-state index in [1.165, 1.54) is 0 Å². The van der Waals surface area contributed by atoms with Crippen molar-refractivity contribution in [2.45, 2.75) is 32.4 Å². The summed E-state index contributed by atoms with van der Waals surface area (Å²) in [6, 6.07) is 6.54. The van der Waals surface area contributed by atoms with Gasteiger partial charge in [0, 0.05) is 26.1 Å². The summed E-state index contributed by atoms with van der Waals surface area (Å²) in [6.45, 7) is 8.56. The van der Waals surface area contributed by atoms with E-state index in [0.29, 0.717) is 19.0 Å². The van der Waals surface area contributed by atoms with Crippen LogP contribution in [0.4, 0.5) is 0 Å². The summed E-state index contributed by atoms with van der Waals surface area (Å²) in [5.41, 5.74) is 0.900. The molecular weight excluding hydrogens is 272 g/mol. The SMILES string of the molecule is C[Si](C)(C)CCOCn1ncc2ccc(OC=O)cc21. The fraction of sp³-hybridized carbons (Fsp3) is 0.429. The fourth-order valence-corrected chi connectivity index (χ4v) is 2.57. The van der Waals surface area contributed by atoms with Crippen molar-refractivity contribution in [2.24, 2.45) is 0 Å². The first-order valence-electron chi connectivity index (χ1n) is 6.63. The van der Waals surface area contributed by atoms with Crippen molar-refractivity contribution < 1.29 is 14.3 Å². The van der Waals surface area contributed by atoms with E-state index in [0.717, 1.165) is 23.6 Å². The molecule has 0 amide bonds. The Labute approximate surface area is 119 Å². The van der Waals surface area contributed by atoms with E-state index < -0.39 is 8.07 Å². The molecule has 108 valence electrons. The van der Waals surface area contributed by atoms with Gasteiger partial charge in [0.05, 0.1) is 11.7 Å². The lowest BCUT2D eigenvalue weighted by atomic mass is 10.2. The van der Waals surface area contributed by atoms with Gasteiger partial charge in [-0.15, -0.1) is 0 Å². The van der Waals surface area contributed by atoms with E-state index >= 15 is 0 Å². The summed E-state index contributed by atoms with van der Waals surface area (Å²) in [5, 5.41) is 5.29. The molecule has 1 heterocycles. The summed E-state index contributed by atoms with van der Waals surface area (Å²) in [5.74, 6) is 0.511. The maximum Gasteiger partial charge on any atom is 0.298 e. The third-order valence-corrected chi connectivity index (χ3v) is 4.71. The van der Waals surface area contributed by atoms with Crippen LogP contribution in [-0.2, 0) is 16.3 Å². The van der Waals surface area contributed by atoms with Crippen LogP contribution in [-0.4, -0.2) is 30.9 Å². The van der Waals surface area contributed by atoms with Gasteiger partial charge in [0.25, 0.3) is 6.47 Å². The lowest BCUT2D eigenvalue weighted by Gasteiger charge is -2.15. The van der Waals surface area contributed by atoms with Crippen LogP contribution in [0.15, 0.2) is 24.4 Å². The molecule has 0 saturated heterocycles.